The van der Waals surface area contributed by atoms with Crippen molar-refractivity contribution in [2.24, 2.45) is 5.92 Å². The third-order valence-corrected chi connectivity index (χ3v) is 5.17. The van der Waals surface area contributed by atoms with E-state index in [1.54, 1.807) is 11.8 Å². The van der Waals surface area contributed by atoms with Gasteiger partial charge in [-0.15, -0.1) is 11.8 Å². The van der Waals surface area contributed by atoms with Gasteiger partial charge in [0.2, 0.25) is 0 Å². The van der Waals surface area contributed by atoms with Crippen LogP contribution in [-0.4, -0.2) is 36.3 Å². The van der Waals surface area contributed by atoms with Crippen LogP contribution in [0.1, 0.15) is 19.8 Å². The van der Waals surface area contributed by atoms with Crippen LogP contribution < -0.4 is 10.6 Å². The lowest BCUT2D eigenvalue weighted by Crippen LogP contribution is -2.48. The van der Waals surface area contributed by atoms with E-state index in [0.29, 0.717) is 0 Å². The van der Waals surface area contributed by atoms with E-state index >= 15 is 0 Å². The number of nitrogens with two attached hydrogens (primary N) is 1. The number of rotatable bonds is 0. The van der Waals surface area contributed by atoms with Crippen LogP contribution in [0.5, 0.6) is 0 Å². The lowest BCUT2D eigenvalue weighted by atomic mass is 9.99. The Hall–Kier alpha value is -1.36. The summed E-state index contributed by atoms with van der Waals surface area (Å²) in [4.78, 5) is 17.8. The highest BCUT2D eigenvalue weighted by Gasteiger charge is 2.29. The molecule has 20 heavy (non-hydrogen) atoms. The number of urea groups is 1. The zero-order valence-corrected chi connectivity index (χ0v) is 12.7. The fourth-order valence-electron chi connectivity index (χ4n) is 2.80. The van der Waals surface area contributed by atoms with Crippen molar-refractivity contribution in [2.75, 3.05) is 36.0 Å². The molecule has 1 saturated heterocycles. The van der Waals surface area contributed by atoms with E-state index in [2.05, 4.69) is 6.92 Å². The van der Waals surface area contributed by atoms with Gasteiger partial charge in [0.1, 0.15) is 0 Å². The summed E-state index contributed by atoms with van der Waals surface area (Å²) in [6.45, 7) is 4.78. The van der Waals surface area contributed by atoms with Gasteiger partial charge in [-0.25, -0.2) is 4.79 Å². The minimum Gasteiger partial charge on any atom is -0.399 e. The summed E-state index contributed by atoms with van der Waals surface area (Å²) in [5.41, 5.74) is 7.58. The first kappa shape index (κ1) is 13.6. The van der Waals surface area contributed by atoms with E-state index in [1.165, 1.54) is 0 Å². The van der Waals surface area contributed by atoms with Crippen LogP contribution >= 0.6 is 11.8 Å². The Balaban J connectivity index is 1.81. The van der Waals surface area contributed by atoms with Gasteiger partial charge in [-0.2, -0.15) is 0 Å². The van der Waals surface area contributed by atoms with Gasteiger partial charge < -0.3 is 10.6 Å². The SMILES string of the molecule is CC1CCN(C(=O)N2CCSc3ccc(N)cc32)CC1. The number of hydrogen-bond acceptors (Lipinski definition) is 3. The fourth-order valence-corrected chi connectivity index (χ4v) is 3.78. The molecule has 0 atom stereocenters. The molecule has 2 aliphatic heterocycles. The Morgan fingerprint density at radius 3 is 2.80 bits per heavy atom. The molecule has 0 aromatic heterocycles. The Morgan fingerprint density at radius 2 is 2.05 bits per heavy atom. The third-order valence-electron chi connectivity index (χ3n) is 4.13. The van der Waals surface area contributed by atoms with Gasteiger partial charge in [-0.05, 0) is 37.0 Å². The lowest BCUT2D eigenvalue weighted by molar-refractivity contribution is 0.180. The summed E-state index contributed by atoms with van der Waals surface area (Å²) < 4.78 is 0. The number of thioether (sulfide) groups is 1. The van der Waals surface area contributed by atoms with Crippen molar-refractivity contribution >= 4 is 29.2 Å². The first-order valence-corrected chi connectivity index (χ1v) is 8.22. The quantitative estimate of drug-likeness (QED) is 0.747. The van der Waals surface area contributed by atoms with Crippen LogP contribution in [0.25, 0.3) is 0 Å². The number of carbonyl (C=O) groups excluding carboxylic acids is 1. The number of carbonyl (C=O) groups is 1. The maximum atomic E-state index is 12.7. The molecule has 1 fully saturated rings. The number of fused-ring (bicyclic) bond motifs is 1. The van der Waals surface area contributed by atoms with Crippen LogP contribution in [0.15, 0.2) is 23.1 Å². The molecular weight excluding hydrogens is 270 g/mol. The molecule has 2 heterocycles. The summed E-state index contributed by atoms with van der Waals surface area (Å²) >= 11 is 1.80. The molecule has 4 nitrogen and oxygen atoms in total. The number of piperidine rings is 1. The molecule has 2 N–H and O–H groups in total. The maximum absolute atomic E-state index is 12.7. The van der Waals surface area contributed by atoms with Gasteiger partial charge >= 0.3 is 6.03 Å². The standard InChI is InChI=1S/C15H21N3OS/c1-11-4-6-17(7-5-11)15(19)18-8-9-20-14-3-2-12(16)10-13(14)18/h2-3,10-11H,4-9,16H2,1H3. The van der Waals surface area contributed by atoms with Crippen molar-refractivity contribution < 1.29 is 4.79 Å². The molecule has 1 aromatic carbocycles. The number of benzene rings is 1. The number of amides is 2. The predicted octanol–water partition coefficient (Wildman–Crippen LogP) is 3.03. The van der Waals surface area contributed by atoms with Gasteiger partial charge in [-0.3, -0.25) is 4.90 Å². The van der Waals surface area contributed by atoms with Gasteiger partial charge in [0, 0.05) is 36.0 Å². The first-order valence-electron chi connectivity index (χ1n) is 7.24. The van der Waals surface area contributed by atoms with Crippen LogP contribution in [0.4, 0.5) is 16.2 Å². The minimum absolute atomic E-state index is 0.143. The second kappa shape index (κ2) is 5.56. The highest BCUT2D eigenvalue weighted by atomic mass is 32.2. The highest BCUT2D eigenvalue weighted by molar-refractivity contribution is 7.99. The Labute approximate surface area is 124 Å². The van der Waals surface area contributed by atoms with Crippen LogP contribution in [-0.2, 0) is 0 Å². The molecule has 0 aliphatic carbocycles. The topological polar surface area (TPSA) is 49.6 Å². The molecule has 0 bridgehead atoms. The largest absolute Gasteiger partial charge is 0.399 e. The first-order chi connectivity index (χ1) is 9.65. The van der Waals surface area contributed by atoms with Gasteiger partial charge in [0.05, 0.1) is 5.69 Å². The molecule has 0 spiro atoms. The number of hydrogen-bond donors (Lipinski definition) is 1. The van der Waals surface area contributed by atoms with Crippen LogP contribution in [0.2, 0.25) is 0 Å². The molecule has 2 amide bonds. The van der Waals surface area contributed by atoms with Gasteiger partial charge in [0.25, 0.3) is 0 Å². The van der Waals surface area contributed by atoms with Gasteiger partial charge in [-0.1, -0.05) is 6.92 Å². The summed E-state index contributed by atoms with van der Waals surface area (Å²) in [6.07, 6.45) is 2.22. The molecule has 0 saturated carbocycles. The van der Waals surface area contributed by atoms with E-state index in [0.717, 1.165) is 60.4 Å². The maximum Gasteiger partial charge on any atom is 0.324 e. The Kier molecular flexibility index (Phi) is 3.78. The lowest BCUT2D eigenvalue weighted by Gasteiger charge is -2.37. The summed E-state index contributed by atoms with van der Waals surface area (Å²) in [5, 5.41) is 0. The van der Waals surface area contributed by atoms with E-state index in [9.17, 15) is 4.79 Å². The number of nitrogens with zero attached hydrogens (tertiary/aromatic N) is 2. The normalized spacial score (nSPS) is 19.9. The zero-order chi connectivity index (χ0) is 14.1. The third kappa shape index (κ3) is 2.59. The zero-order valence-electron chi connectivity index (χ0n) is 11.8. The second-order valence-electron chi connectivity index (χ2n) is 5.68. The van der Waals surface area contributed by atoms with E-state index < -0.39 is 0 Å². The van der Waals surface area contributed by atoms with Crippen LogP contribution in [0.3, 0.4) is 0 Å². The predicted molar refractivity (Wildman–Crippen MR) is 84.3 cm³/mol. The van der Waals surface area contributed by atoms with Crippen molar-refractivity contribution in [1.29, 1.82) is 0 Å². The van der Waals surface area contributed by atoms with Crippen molar-refractivity contribution in [2.45, 2.75) is 24.7 Å². The average molecular weight is 291 g/mol. The van der Waals surface area contributed by atoms with Crippen molar-refractivity contribution in [1.82, 2.24) is 4.90 Å². The average Bonchev–Trinajstić information content (AvgIpc) is 2.46. The summed E-state index contributed by atoms with van der Waals surface area (Å²) in [5.74, 6) is 1.69. The van der Waals surface area contributed by atoms with E-state index in [1.807, 2.05) is 28.0 Å². The Morgan fingerprint density at radius 1 is 1.30 bits per heavy atom. The molecule has 108 valence electrons. The van der Waals surface area contributed by atoms with Crippen molar-refractivity contribution in [3.63, 3.8) is 0 Å². The molecule has 5 heteroatoms. The highest BCUT2D eigenvalue weighted by Crippen LogP contribution is 2.36. The van der Waals surface area contributed by atoms with E-state index in [4.69, 9.17) is 5.73 Å². The van der Waals surface area contributed by atoms with Gasteiger partial charge in [0.15, 0.2) is 0 Å². The number of anilines is 2. The second-order valence-corrected chi connectivity index (χ2v) is 6.82. The summed E-state index contributed by atoms with van der Waals surface area (Å²) in [6, 6.07) is 5.99. The van der Waals surface area contributed by atoms with E-state index in [-0.39, 0.29) is 6.03 Å². The molecule has 2 aliphatic rings. The van der Waals surface area contributed by atoms with Crippen LogP contribution in [0, 0.1) is 5.92 Å². The monoisotopic (exact) mass is 291 g/mol. The molecule has 0 radical (unpaired) electrons. The number of nitrogen functional groups attached to an aromatic ring is 1. The van der Waals surface area contributed by atoms with Crippen molar-refractivity contribution in [3.8, 4) is 0 Å². The molecule has 3 rings (SSSR count). The minimum atomic E-state index is 0.143. The molecule has 1 aromatic rings. The smallest absolute Gasteiger partial charge is 0.324 e. The molecular formula is C15H21N3OS. The fraction of sp³-hybridized carbons (Fsp3) is 0.533. The van der Waals surface area contributed by atoms with Crippen molar-refractivity contribution in [3.05, 3.63) is 18.2 Å². The summed E-state index contributed by atoms with van der Waals surface area (Å²) in [7, 11) is 0. The number of likely N-dealkylation sites (tertiary alicyclic amines) is 1. The molecule has 0 unspecified atom stereocenters. The Bertz CT molecular complexity index is 512.